The van der Waals surface area contributed by atoms with Crippen molar-refractivity contribution >= 4 is 27.5 Å². The van der Waals surface area contributed by atoms with Gasteiger partial charge in [0.2, 0.25) is 11.8 Å². The highest BCUT2D eigenvalue weighted by molar-refractivity contribution is 7.92. The third-order valence-corrected chi connectivity index (χ3v) is 8.66. The lowest BCUT2D eigenvalue weighted by Crippen LogP contribution is -2.54. The van der Waals surface area contributed by atoms with E-state index in [1.807, 2.05) is 58.0 Å². The van der Waals surface area contributed by atoms with Gasteiger partial charge in [0.25, 0.3) is 10.0 Å². The van der Waals surface area contributed by atoms with Crippen molar-refractivity contribution in [2.24, 2.45) is 0 Å². The number of carbonyl (C=O) groups excluding carboxylic acids is 2. The molecule has 0 saturated carbocycles. The van der Waals surface area contributed by atoms with E-state index in [0.717, 1.165) is 34.0 Å². The van der Waals surface area contributed by atoms with Crippen molar-refractivity contribution in [3.05, 3.63) is 95.8 Å². The molecule has 0 unspecified atom stereocenters. The number of amides is 2. The predicted octanol–water partition coefficient (Wildman–Crippen LogP) is 5.09. The van der Waals surface area contributed by atoms with Crippen LogP contribution in [0.4, 0.5) is 10.1 Å². The molecule has 3 rings (SSSR count). The van der Waals surface area contributed by atoms with Gasteiger partial charge in [-0.2, -0.15) is 0 Å². The predicted molar refractivity (Wildman–Crippen MR) is 156 cm³/mol. The Morgan fingerprint density at radius 2 is 1.52 bits per heavy atom. The van der Waals surface area contributed by atoms with E-state index in [1.54, 1.807) is 12.1 Å². The SMILES string of the molecule is CC[C@H](C(=O)N[C@@H](C)CC)N(CCc1ccccc1)C(=O)CN(c1ccc(F)cc1)S(=O)(=O)c1ccc(C)cc1. The molecule has 0 aliphatic rings. The van der Waals surface area contributed by atoms with E-state index in [9.17, 15) is 22.4 Å². The second-order valence-corrected chi connectivity index (χ2v) is 11.7. The van der Waals surface area contributed by atoms with Crippen LogP contribution in [0, 0.1) is 12.7 Å². The van der Waals surface area contributed by atoms with Crippen molar-refractivity contribution in [2.45, 2.75) is 63.9 Å². The number of nitrogens with zero attached hydrogens (tertiary/aromatic N) is 2. The zero-order valence-electron chi connectivity index (χ0n) is 23.5. The van der Waals surface area contributed by atoms with Gasteiger partial charge in [-0.05, 0) is 75.1 Å². The smallest absolute Gasteiger partial charge is 0.264 e. The van der Waals surface area contributed by atoms with Crippen molar-refractivity contribution in [3.8, 4) is 0 Å². The van der Waals surface area contributed by atoms with Gasteiger partial charge in [0, 0.05) is 12.6 Å². The number of benzene rings is 3. The second-order valence-electron chi connectivity index (χ2n) is 9.87. The van der Waals surface area contributed by atoms with Gasteiger partial charge in [-0.15, -0.1) is 0 Å². The van der Waals surface area contributed by atoms with Gasteiger partial charge in [-0.1, -0.05) is 61.9 Å². The van der Waals surface area contributed by atoms with Crippen LogP contribution < -0.4 is 9.62 Å². The van der Waals surface area contributed by atoms with Crippen molar-refractivity contribution in [1.29, 1.82) is 0 Å². The fraction of sp³-hybridized carbons (Fsp3) is 0.355. The van der Waals surface area contributed by atoms with Crippen molar-refractivity contribution in [1.82, 2.24) is 10.2 Å². The minimum atomic E-state index is -4.19. The summed E-state index contributed by atoms with van der Waals surface area (Å²) in [5, 5.41) is 2.96. The molecule has 2 amide bonds. The lowest BCUT2D eigenvalue weighted by molar-refractivity contribution is -0.139. The summed E-state index contributed by atoms with van der Waals surface area (Å²) in [5.41, 5.74) is 2.02. The summed E-state index contributed by atoms with van der Waals surface area (Å²) in [6.07, 6.45) is 1.57. The Morgan fingerprint density at radius 3 is 2.10 bits per heavy atom. The molecule has 0 saturated heterocycles. The number of aryl methyl sites for hydroxylation is 1. The second kappa shape index (κ2) is 14.1. The van der Waals surface area contributed by atoms with Crippen molar-refractivity contribution in [2.75, 3.05) is 17.4 Å². The highest BCUT2D eigenvalue weighted by Crippen LogP contribution is 2.25. The van der Waals surface area contributed by atoms with Gasteiger partial charge in [0.05, 0.1) is 10.6 Å². The topological polar surface area (TPSA) is 86.8 Å². The highest BCUT2D eigenvalue weighted by atomic mass is 32.2. The summed E-state index contributed by atoms with van der Waals surface area (Å²) in [6, 6.07) is 20.0. The van der Waals surface area contributed by atoms with Crippen LogP contribution in [0.15, 0.2) is 83.8 Å². The Labute approximate surface area is 237 Å². The molecule has 7 nitrogen and oxygen atoms in total. The van der Waals surface area contributed by atoms with E-state index in [-0.39, 0.29) is 29.1 Å². The maximum Gasteiger partial charge on any atom is 0.264 e. The van der Waals surface area contributed by atoms with Gasteiger partial charge in [-0.25, -0.2) is 12.8 Å². The van der Waals surface area contributed by atoms with Crippen LogP contribution in [0.3, 0.4) is 0 Å². The largest absolute Gasteiger partial charge is 0.352 e. The van der Waals surface area contributed by atoms with Gasteiger partial charge in [0.1, 0.15) is 18.4 Å². The Morgan fingerprint density at radius 1 is 0.900 bits per heavy atom. The Kier molecular flexibility index (Phi) is 10.8. The molecule has 214 valence electrons. The number of carbonyl (C=O) groups is 2. The monoisotopic (exact) mass is 567 g/mol. The first-order chi connectivity index (χ1) is 19.1. The number of sulfonamides is 1. The first-order valence-electron chi connectivity index (χ1n) is 13.6. The fourth-order valence-corrected chi connectivity index (χ4v) is 5.72. The number of rotatable bonds is 13. The van der Waals surface area contributed by atoms with E-state index in [4.69, 9.17) is 0 Å². The first-order valence-corrected chi connectivity index (χ1v) is 15.0. The molecule has 0 bridgehead atoms. The highest BCUT2D eigenvalue weighted by Gasteiger charge is 2.33. The summed E-state index contributed by atoms with van der Waals surface area (Å²) in [4.78, 5) is 28.7. The maximum absolute atomic E-state index is 14.0. The molecule has 0 heterocycles. The van der Waals surface area contributed by atoms with Crippen LogP contribution >= 0.6 is 0 Å². The number of hydrogen-bond acceptors (Lipinski definition) is 4. The Balaban J connectivity index is 2.00. The zero-order chi connectivity index (χ0) is 29.3. The minimum Gasteiger partial charge on any atom is -0.352 e. The molecule has 0 aromatic heterocycles. The van der Waals surface area contributed by atoms with Crippen LogP contribution in [0.2, 0.25) is 0 Å². The molecule has 3 aromatic carbocycles. The third-order valence-electron chi connectivity index (χ3n) is 6.87. The number of nitrogens with one attached hydrogen (secondary N) is 1. The molecule has 2 atom stereocenters. The molecule has 3 aromatic rings. The number of halogens is 1. The van der Waals surface area contributed by atoms with E-state index >= 15 is 0 Å². The fourth-order valence-electron chi connectivity index (χ4n) is 4.31. The molecular weight excluding hydrogens is 529 g/mol. The van der Waals surface area contributed by atoms with Crippen LogP contribution in [-0.2, 0) is 26.0 Å². The maximum atomic E-state index is 14.0. The summed E-state index contributed by atoms with van der Waals surface area (Å²) in [7, 11) is -4.19. The molecule has 9 heteroatoms. The summed E-state index contributed by atoms with van der Waals surface area (Å²) < 4.78 is 42.3. The Hall–Kier alpha value is -3.72. The number of hydrogen-bond donors (Lipinski definition) is 1. The minimum absolute atomic E-state index is 0.00705. The molecule has 0 aliphatic heterocycles. The molecule has 1 N–H and O–H groups in total. The van der Waals surface area contributed by atoms with Gasteiger partial charge in [-0.3, -0.25) is 13.9 Å². The molecule has 40 heavy (non-hydrogen) atoms. The van der Waals surface area contributed by atoms with E-state index in [2.05, 4.69) is 5.32 Å². The van der Waals surface area contributed by atoms with E-state index in [0.29, 0.717) is 12.8 Å². The zero-order valence-corrected chi connectivity index (χ0v) is 24.3. The van der Waals surface area contributed by atoms with Crippen LogP contribution in [0.1, 0.15) is 44.7 Å². The van der Waals surface area contributed by atoms with E-state index in [1.165, 1.54) is 29.2 Å². The van der Waals surface area contributed by atoms with Crippen molar-refractivity contribution in [3.63, 3.8) is 0 Å². The van der Waals surface area contributed by atoms with Crippen LogP contribution in [0.25, 0.3) is 0 Å². The Bertz CT molecular complexity index is 1360. The van der Waals surface area contributed by atoms with Gasteiger partial charge in [0.15, 0.2) is 0 Å². The molecule has 0 spiro atoms. The molecule has 0 aliphatic carbocycles. The molecule has 0 fully saturated rings. The first kappa shape index (κ1) is 30.8. The lowest BCUT2D eigenvalue weighted by atomic mass is 10.1. The summed E-state index contributed by atoms with van der Waals surface area (Å²) >= 11 is 0. The normalized spacial score (nSPS) is 12.8. The van der Waals surface area contributed by atoms with Crippen LogP contribution in [0.5, 0.6) is 0 Å². The van der Waals surface area contributed by atoms with Gasteiger partial charge < -0.3 is 10.2 Å². The lowest BCUT2D eigenvalue weighted by Gasteiger charge is -2.33. The van der Waals surface area contributed by atoms with E-state index < -0.39 is 34.3 Å². The molecule has 0 radical (unpaired) electrons. The average Bonchev–Trinajstić information content (AvgIpc) is 2.95. The average molecular weight is 568 g/mol. The summed E-state index contributed by atoms with van der Waals surface area (Å²) in [5.74, 6) is -1.34. The quantitative estimate of drug-likeness (QED) is 0.312. The molecular formula is C31H38FN3O4S. The number of anilines is 1. The van der Waals surface area contributed by atoms with Gasteiger partial charge >= 0.3 is 0 Å². The standard InChI is InChI=1S/C31H38FN3O4S/c1-5-24(4)33-31(37)29(6-2)34(21-20-25-10-8-7-9-11-25)30(36)22-35(27-16-14-26(32)15-17-27)40(38,39)28-18-12-23(3)13-19-28/h7-19,24,29H,5-6,20-22H2,1-4H3,(H,33,37)/t24-,29+/m0/s1. The van der Waals surface area contributed by atoms with Crippen LogP contribution in [-0.4, -0.2) is 50.3 Å². The third kappa shape index (κ3) is 7.91. The summed E-state index contributed by atoms with van der Waals surface area (Å²) in [6.45, 7) is 7.19. The van der Waals surface area contributed by atoms with Crippen molar-refractivity contribution < 1.29 is 22.4 Å².